The summed E-state index contributed by atoms with van der Waals surface area (Å²) >= 11 is 18.1. The molecule has 30 heavy (non-hydrogen) atoms. The molecule has 10 heteroatoms. The molecule has 0 radical (unpaired) electrons. The number of nitrogen functional groups attached to an aromatic ring is 1. The Kier molecular flexibility index (Phi) is 6.56. The molecule has 1 heterocycles. The third-order valence-corrected chi connectivity index (χ3v) is 4.71. The minimum absolute atomic E-state index is 0.0537. The van der Waals surface area contributed by atoms with Crippen molar-refractivity contribution in [3.05, 3.63) is 86.5 Å². The van der Waals surface area contributed by atoms with E-state index in [0.29, 0.717) is 10.6 Å². The number of hydrogen-bond acceptors (Lipinski definition) is 4. The molecule has 152 valence electrons. The maximum atomic E-state index is 12.8. The minimum atomic E-state index is -0.573. The molecule has 0 spiro atoms. The van der Waals surface area contributed by atoms with Crippen molar-refractivity contribution < 1.29 is 9.59 Å². The summed E-state index contributed by atoms with van der Waals surface area (Å²) in [6.45, 7) is 0. The number of nitrogens with zero attached hydrogens (tertiary/aromatic N) is 1. The van der Waals surface area contributed by atoms with Crippen molar-refractivity contribution in [2.24, 2.45) is 5.73 Å². The fourth-order valence-corrected chi connectivity index (χ4v) is 3.15. The number of rotatable bonds is 5. The average Bonchev–Trinajstić information content (AvgIpc) is 2.71. The molecule has 0 aliphatic carbocycles. The number of carbonyl (C=O) groups excluding carboxylic acids is 2. The number of nitrogens with one attached hydrogen (secondary N) is 3. The maximum Gasteiger partial charge on any atom is 0.259 e. The van der Waals surface area contributed by atoms with Crippen molar-refractivity contribution in [1.82, 2.24) is 4.98 Å². The van der Waals surface area contributed by atoms with Gasteiger partial charge in [0.2, 0.25) is 0 Å². The first-order valence-corrected chi connectivity index (χ1v) is 9.55. The summed E-state index contributed by atoms with van der Waals surface area (Å²) in [5, 5.41) is 13.4. The Hall–Kier alpha value is -3.13. The summed E-state index contributed by atoms with van der Waals surface area (Å²) in [7, 11) is 0. The molecule has 0 unspecified atom stereocenters. The third kappa shape index (κ3) is 5.07. The van der Waals surface area contributed by atoms with E-state index in [2.05, 4.69) is 15.6 Å². The predicted octanol–water partition coefficient (Wildman–Crippen LogP) is 4.83. The molecule has 0 aliphatic rings. The smallest absolute Gasteiger partial charge is 0.259 e. The van der Waals surface area contributed by atoms with E-state index in [0.717, 1.165) is 0 Å². The number of halogens is 3. The molecule has 0 saturated carbocycles. The van der Waals surface area contributed by atoms with Crippen LogP contribution in [0.1, 0.15) is 26.3 Å². The Labute approximate surface area is 186 Å². The Balaban J connectivity index is 1.88. The zero-order chi connectivity index (χ0) is 21.8. The van der Waals surface area contributed by atoms with E-state index in [1.807, 2.05) is 0 Å². The molecule has 1 aromatic heterocycles. The Morgan fingerprint density at radius 2 is 1.53 bits per heavy atom. The van der Waals surface area contributed by atoms with E-state index < -0.39 is 11.8 Å². The lowest BCUT2D eigenvalue weighted by molar-refractivity contribution is 0.102. The van der Waals surface area contributed by atoms with Crippen LogP contribution in [0.2, 0.25) is 15.1 Å². The summed E-state index contributed by atoms with van der Waals surface area (Å²) in [6.07, 6.45) is 1.38. The first-order chi connectivity index (χ1) is 14.2. The van der Waals surface area contributed by atoms with Gasteiger partial charge in [0.1, 0.15) is 11.7 Å². The molecule has 2 aromatic carbocycles. The lowest BCUT2D eigenvalue weighted by atomic mass is 10.1. The lowest BCUT2D eigenvalue weighted by Gasteiger charge is -2.14. The molecule has 7 nitrogen and oxygen atoms in total. The highest BCUT2D eigenvalue weighted by molar-refractivity contribution is 6.38. The first-order valence-electron chi connectivity index (χ1n) is 8.42. The van der Waals surface area contributed by atoms with Crippen LogP contribution in [0.25, 0.3) is 0 Å². The van der Waals surface area contributed by atoms with Crippen molar-refractivity contribution in [3.63, 3.8) is 0 Å². The van der Waals surface area contributed by atoms with Crippen LogP contribution in [0, 0.1) is 5.41 Å². The van der Waals surface area contributed by atoms with Gasteiger partial charge < -0.3 is 16.4 Å². The van der Waals surface area contributed by atoms with Crippen LogP contribution in [0.15, 0.2) is 54.7 Å². The summed E-state index contributed by atoms with van der Waals surface area (Å²) in [5.74, 6) is -0.931. The van der Waals surface area contributed by atoms with Crippen LogP contribution < -0.4 is 16.4 Å². The van der Waals surface area contributed by atoms with Crippen molar-refractivity contribution in [2.75, 3.05) is 10.6 Å². The van der Waals surface area contributed by atoms with Crippen molar-refractivity contribution in [2.45, 2.75) is 0 Å². The number of aromatic nitrogens is 1. The predicted molar refractivity (Wildman–Crippen MR) is 119 cm³/mol. The van der Waals surface area contributed by atoms with E-state index in [9.17, 15) is 9.59 Å². The largest absolute Gasteiger partial charge is 0.384 e. The van der Waals surface area contributed by atoms with Gasteiger partial charge in [-0.25, -0.2) is 4.98 Å². The van der Waals surface area contributed by atoms with E-state index in [1.54, 1.807) is 18.2 Å². The number of hydrogen-bond donors (Lipinski definition) is 4. The van der Waals surface area contributed by atoms with Crippen LogP contribution in [0.4, 0.5) is 11.5 Å². The van der Waals surface area contributed by atoms with E-state index in [-0.39, 0.29) is 38.5 Å². The van der Waals surface area contributed by atoms with Crippen LogP contribution in [-0.4, -0.2) is 22.6 Å². The second-order valence-electron chi connectivity index (χ2n) is 6.07. The standard InChI is InChI=1S/C20H14Cl3N5O2/c21-12-5-6-16(26-9-12)27-20(30)14-7-13(22)8-15(23)17(14)28-19(29)11-3-1-10(2-4-11)18(24)25/h1-9H,(H3,24,25)(H,28,29)(H,26,27,30). The normalized spacial score (nSPS) is 10.4. The number of amidine groups is 1. The van der Waals surface area contributed by atoms with Crippen LogP contribution in [0.5, 0.6) is 0 Å². The number of carbonyl (C=O) groups is 2. The molecule has 0 fully saturated rings. The zero-order valence-corrected chi connectivity index (χ0v) is 17.4. The van der Waals surface area contributed by atoms with Gasteiger partial charge in [-0.05, 0) is 36.4 Å². The van der Waals surface area contributed by atoms with E-state index >= 15 is 0 Å². The second kappa shape index (κ2) is 9.13. The molecule has 0 saturated heterocycles. The first kappa shape index (κ1) is 21.6. The Morgan fingerprint density at radius 1 is 0.867 bits per heavy atom. The number of benzene rings is 2. The highest BCUT2D eigenvalue weighted by atomic mass is 35.5. The SMILES string of the molecule is N=C(N)c1ccc(C(=O)Nc2c(Cl)cc(Cl)cc2C(=O)Nc2ccc(Cl)cn2)cc1. The topological polar surface area (TPSA) is 121 Å². The second-order valence-corrected chi connectivity index (χ2v) is 7.35. The maximum absolute atomic E-state index is 12.8. The van der Waals surface area contributed by atoms with Gasteiger partial charge in [0.15, 0.2) is 0 Å². The summed E-state index contributed by atoms with van der Waals surface area (Å²) in [4.78, 5) is 29.4. The average molecular weight is 463 g/mol. The zero-order valence-electron chi connectivity index (χ0n) is 15.2. The molecule has 0 bridgehead atoms. The number of nitrogens with two attached hydrogens (primary N) is 1. The fourth-order valence-electron chi connectivity index (χ4n) is 2.50. The quantitative estimate of drug-likeness (QED) is 0.320. The summed E-state index contributed by atoms with van der Waals surface area (Å²) < 4.78 is 0. The van der Waals surface area contributed by atoms with Gasteiger partial charge >= 0.3 is 0 Å². The van der Waals surface area contributed by atoms with Gasteiger partial charge in [0.25, 0.3) is 11.8 Å². The molecule has 3 rings (SSSR count). The lowest BCUT2D eigenvalue weighted by Crippen LogP contribution is -2.19. The van der Waals surface area contributed by atoms with E-state index in [4.69, 9.17) is 45.9 Å². The molecule has 0 atom stereocenters. The molecular weight excluding hydrogens is 449 g/mol. The van der Waals surface area contributed by atoms with Gasteiger partial charge in [0, 0.05) is 22.3 Å². The van der Waals surface area contributed by atoms with Crippen molar-refractivity contribution in [1.29, 1.82) is 5.41 Å². The summed E-state index contributed by atoms with van der Waals surface area (Å²) in [6, 6.07) is 12.0. The molecule has 3 aromatic rings. The van der Waals surface area contributed by atoms with Crippen LogP contribution in [0.3, 0.4) is 0 Å². The number of pyridine rings is 1. The Bertz CT molecular complexity index is 1130. The molecule has 5 N–H and O–H groups in total. The minimum Gasteiger partial charge on any atom is -0.384 e. The highest BCUT2D eigenvalue weighted by Crippen LogP contribution is 2.31. The van der Waals surface area contributed by atoms with Crippen LogP contribution >= 0.6 is 34.8 Å². The third-order valence-electron chi connectivity index (χ3n) is 3.97. The van der Waals surface area contributed by atoms with Gasteiger partial charge in [-0.3, -0.25) is 15.0 Å². The fraction of sp³-hybridized carbons (Fsp3) is 0. The number of amides is 2. The van der Waals surface area contributed by atoms with Gasteiger partial charge in [-0.1, -0.05) is 46.9 Å². The van der Waals surface area contributed by atoms with Gasteiger partial charge in [0.05, 0.1) is 21.3 Å². The number of anilines is 2. The van der Waals surface area contributed by atoms with Crippen molar-refractivity contribution >= 4 is 64.0 Å². The Morgan fingerprint density at radius 3 is 2.13 bits per heavy atom. The van der Waals surface area contributed by atoms with Gasteiger partial charge in [-0.15, -0.1) is 0 Å². The molecular formula is C20H14Cl3N5O2. The van der Waals surface area contributed by atoms with Crippen molar-refractivity contribution in [3.8, 4) is 0 Å². The van der Waals surface area contributed by atoms with E-state index in [1.165, 1.54) is 36.5 Å². The highest BCUT2D eigenvalue weighted by Gasteiger charge is 2.19. The monoisotopic (exact) mass is 461 g/mol. The summed E-state index contributed by atoms with van der Waals surface area (Å²) in [5.41, 5.74) is 6.33. The van der Waals surface area contributed by atoms with Crippen LogP contribution in [-0.2, 0) is 0 Å². The van der Waals surface area contributed by atoms with Gasteiger partial charge in [-0.2, -0.15) is 0 Å². The molecule has 2 amide bonds. The molecule has 0 aliphatic heterocycles.